The van der Waals surface area contributed by atoms with Gasteiger partial charge >= 0.3 is 0 Å². The average molecular weight is 266 g/mol. The number of hydrogen-bond donors (Lipinski definition) is 0. The molecule has 0 fully saturated rings. The molecule has 0 amide bonds. The first-order valence-electron chi connectivity index (χ1n) is 3.66. The average Bonchev–Trinajstić information content (AvgIpc) is 2.08. The van der Waals surface area contributed by atoms with Gasteiger partial charge in [0, 0.05) is 10.5 Å². The van der Waals surface area contributed by atoms with E-state index in [1.54, 1.807) is 6.92 Å². The first kappa shape index (κ1) is 11.0. The molecule has 0 aliphatic rings. The van der Waals surface area contributed by atoms with Crippen LogP contribution in [0, 0.1) is 17.0 Å². The van der Waals surface area contributed by atoms with Crippen LogP contribution in [0.3, 0.4) is 0 Å². The van der Waals surface area contributed by atoms with Crippen molar-refractivity contribution in [3.05, 3.63) is 37.8 Å². The minimum absolute atomic E-state index is 0.0988. The number of benzene rings is 1. The van der Waals surface area contributed by atoms with E-state index < -0.39 is 22.6 Å². The van der Waals surface area contributed by atoms with E-state index >= 15 is 0 Å². The molecule has 1 rings (SSSR count). The fourth-order valence-electron chi connectivity index (χ4n) is 1.06. The lowest BCUT2D eigenvalue weighted by Gasteiger charge is -2.06. The van der Waals surface area contributed by atoms with Crippen LogP contribution in [0.25, 0.3) is 0 Å². The zero-order chi connectivity index (χ0) is 10.9. The molecule has 0 spiro atoms. The highest BCUT2D eigenvalue weighted by Gasteiger charge is 2.25. The van der Waals surface area contributed by atoms with Gasteiger partial charge in [-0.15, -0.1) is 0 Å². The van der Waals surface area contributed by atoms with Gasteiger partial charge in [0.05, 0.1) is 4.92 Å². The van der Waals surface area contributed by atoms with Crippen molar-refractivity contribution in [1.82, 2.24) is 0 Å². The van der Waals surface area contributed by atoms with Gasteiger partial charge in [0.2, 0.25) is 0 Å². The second-order valence-corrected chi connectivity index (χ2v) is 3.48. The van der Waals surface area contributed by atoms with Crippen molar-refractivity contribution in [3.63, 3.8) is 0 Å². The van der Waals surface area contributed by atoms with Crippen LogP contribution in [0.15, 0.2) is 16.6 Å². The second kappa shape index (κ2) is 4.00. The number of aryl methyl sites for hydroxylation is 1. The monoisotopic (exact) mass is 265 g/mol. The van der Waals surface area contributed by atoms with Gasteiger partial charge in [0.1, 0.15) is 5.56 Å². The Bertz CT molecular complexity index is 382. The molecule has 0 saturated heterocycles. The zero-order valence-corrected chi connectivity index (χ0v) is 8.72. The maximum atomic E-state index is 12.5. The van der Waals surface area contributed by atoms with E-state index in [2.05, 4.69) is 15.9 Å². The van der Waals surface area contributed by atoms with Crippen molar-refractivity contribution < 1.29 is 13.7 Å². The van der Waals surface area contributed by atoms with Gasteiger partial charge < -0.3 is 0 Å². The Morgan fingerprint density at radius 1 is 1.50 bits per heavy atom. The Hall–Kier alpha value is -1.04. The van der Waals surface area contributed by atoms with Crippen LogP contribution in [0.4, 0.5) is 14.5 Å². The van der Waals surface area contributed by atoms with Gasteiger partial charge in [-0.1, -0.05) is 6.07 Å². The van der Waals surface area contributed by atoms with E-state index in [9.17, 15) is 18.9 Å². The van der Waals surface area contributed by atoms with Crippen molar-refractivity contribution in [3.8, 4) is 0 Å². The van der Waals surface area contributed by atoms with Crippen molar-refractivity contribution in [2.75, 3.05) is 0 Å². The van der Waals surface area contributed by atoms with Gasteiger partial charge in [-0.2, -0.15) is 0 Å². The summed E-state index contributed by atoms with van der Waals surface area (Å²) in [5, 5.41) is 10.4. The van der Waals surface area contributed by atoms with Gasteiger partial charge in [0.15, 0.2) is 0 Å². The van der Waals surface area contributed by atoms with Crippen LogP contribution >= 0.6 is 15.9 Å². The van der Waals surface area contributed by atoms with Crippen LogP contribution in [-0.4, -0.2) is 4.92 Å². The molecule has 14 heavy (non-hydrogen) atoms. The molecule has 0 radical (unpaired) electrons. The molecular formula is C8H6BrF2NO2. The standard InChI is InChI=1S/C8H6BrF2NO2/c1-4-2-3-5(12(13)14)6(7(4)9)8(10)11/h2-3,8H,1H3. The zero-order valence-electron chi connectivity index (χ0n) is 7.13. The van der Waals surface area contributed by atoms with E-state index in [0.717, 1.165) is 6.07 Å². The lowest BCUT2D eigenvalue weighted by Crippen LogP contribution is -1.98. The summed E-state index contributed by atoms with van der Waals surface area (Å²) in [5.74, 6) is 0. The van der Waals surface area contributed by atoms with Crippen molar-refractivity contribution in [1.29, 1.82) is 0 Å². The van der Waals surface area contributed by atoms with Crippen LogP contribution < -0.4 is 0 Å². The maximum absolute atomic E-state index is 12.5. The number of rotatable bonds is 2. The molecule has 6 heteroatoms. The number of nitro benzene ring substituents is 1. The minimum atomic E-state index is -2.86. The summed E-state index contributed by atoms with van der Waals surface area (Å²) in [6, 6.07) is 2.51. The SMILES string of the molecule is Cc1ccc([N+](=O)[O-])c(C(F)F)c1Br. The third-order valence-electron chi connectivity index (χ3n) is 1.76. The highest BCUT2D eigenvalue weighted by Crippen LogP contribution is 2.36. The largest absolute Gasteiger partial charge is 0.279 e. The molecule has 0 bridgehead atoms. The summed E-state index contributed by atoms with van der Waals surface area (Å²) in [7, 11) is 0. The molecule has 0 atom stereocenters. The molecule has 0 N–H and O–H groups in total. The van der Waals surface area contributed by atoms with Crippen LogP contribution in [0.1, 0.15) is 17.6 Å². The first-order valence-corrected chi connectivity index (χ1v) is 4.46. The lowest BCUT2D eigenvalue weighted by atomic mass is 10.1. The Labute approximate surface area is 87.0 Å². The van der Waals surface area contributed by atoms with Gasteiger partial charge in [-0.3, -0.25) is 10.1 Å². The fourth-order valence-corrected chi connectivity index (χ4v) is 1.57. The summed E-state index contributed by atoms with van der Waals surface area (Å²) in [6.07, 6.45) is -2.86. The summed E-state index contributed by atoms with van der Waals surface area (Å²) in [4.78, 5) is 9.63. The first-order chi connectivity index (χ1) is 6.45. The fraction of sp³-hybridized carbons (Fsp3) is 0.250. The van der Waals surface area contributed by atoms with Gasteiger partial charge in [0.25, 0.3) is 12.1 Å². The predicted octanol–water partition coefficient (Wildman–Crippen LogP) is 3.60. The molecule has 0 aliphatic carbocycles. The van der Waals surface area contributed by atoms with Crippen LogP contribution in [0.2, 0.25) is 0 Å². The molecule has 1 aromatic rings. The molecule has 0 saturated carbocycles. The quantitative estimate of drug-likeness (QED) is 0.606. The van der Waals surface area contributed by atoms with E-state index in [1.165, 1.54) is 6.07 Å². The number of nitro groups is 1. The van der Waals surface area contributed by atoms with Crippen molar-refractivity contribution in [2.45, 2.75) is 13.3 Å². The number of nitrogens with zero attached hydrogens (tertiary/aromatic N) is 1. The third-order valence-corrected chi connectivity index (χ3v) is 2.82. The van der Waals surface area contributed by atoms with Crippen molar-refractivity contribution in [2.24, 2.45) is 0 Å². The number of alkyl halides is 2. The smallest absolute Gasteiger partial charge is 0.258 e. The molecule has 0 aromatic heterocycles. The Kier molecular flexibility index (Phi) is 3.15. The Morgan fingerprint density at radius 3 is 2.50 bits per heavy atom. The molecule has 0 aliphatic heterocycles. The summed E-state index contributed by atoms with van der Waals surface area (Å²) in [6.45, 7) is 1.60. The van der Waals surface area contributed by atoms with E-state index in [1.807, 2.05) is 0 Å². The number of halogens is 3. The van der Waals surface area contributed by atoms with Gasteiger partial charge in [-0.25, -0.2) is 8.78 Å². The normalized spacial score (nSPS) is 10.6. The number of hydrogen-bond acceptors (Lipinski definition) is 2. The summed E-state index contributed by atoms with van der Waals surface area (Å²) < 4.78 is 25.1. The van der Waals surface area contributed by atoms with Gasteiger partial charge in [-0.05, 0) is 28.4 Å². The van der Waals surface area contributed by atoms with Crippen molar-refractivity contribution >= 4 is 21.6 Å². The molecule has 76 valence electrons. The minimum Gasteiger partial charge on any atom is -0.258 e. The van der Waals surface area contributed by atoms with E-state index in [4.69, 9.17) is 0 Å². The third kappa shape index (κ3) is 1.89. The molecular weight excluding hydrogens is 260 g/mol. The molecule has 1 aromatic carbocycles. The van der Waals surface area contributed by atoms with Crippen LogP contribution in [-0.2, 0) is 0 Å². The van der Waals surface area contributed by atoms with Crippen LogP contribution in [0.5, 0.6) is 0 Å². The lowest BCUT2D eigenvalue weighted by molar-refractivity contribution is -0.386. The maximum Gasteiger partial charge on any atom is 0.279 e. The Balaban J connectivity index is 3.45. The summed E-state index contributed by atoms with van der Waals surface area (Å²) >= 11 is 2.92. The van der Waals surface area contributed by atoms with E-state index in [-0.39, 0.29) is 4.47 Å². The second-order valence-electron chi connectivity index (χ2n) is 2.69. The highest BCUT2D eigenvalue weighted by molar-refractivity contribution is 9.10. The van der Waals surface area contributed by atoms with E-state index in [0.29, 0.717) is 5.56 Å². The molecule has 0 unspecified atom stereocenters. The molecule has 0 heterocycles. The summed E-state index contributed by atoms with van der Waals surface area (Å²) in [5.41, 5.74) is -0.571. The predicted molar refractivity (Wildman–Crippen MR) is 50.5 cm³/mol. The Morgan fingerprint density at radius 2 is 2.07 bits per heavy atom. The molecule has 3 nitrogen and oxygen atoms in total. The highest BCUT2D eigenvalue weighted by atomic mass is 79.9. The topological polar surface area (TPSA) is 43.1 Å².